The van der Waals surface area contributed by atoms with Crippen LogP contribution in [0.15, 0.2) is 24.4 Å². The molecule has 74 valence electrons. The summed E-state index contributed by atoms with van der Waals surface area (Å²) in [7, 11) is 0. The Kier molecular flexibility index (Phi) is 3.17. The first kappa shape index (κ1) is 10.2. The number of aromatic nitrogens is 1. The SMILES string of the molecule is C[C@@H](NC(=O)c1ccccn1)C(N)=O. The molecule has 0 aliphatic heterocycles. The Morgan fingerprint density at radius 2 is 2.21 bits per heavy atom. The van der Waals surface area contributed by atoms with Crippen molar-refractivity contribution >= 4 is 11.8 Å². The van der Waals surface area contributed by atoms with Crippen molar-refractivity contribution in [3.8, 4) is 0 Å². The van der Waals surface area contributed by atoms with Crippen LogP contribution < -0.4 is 11.1 Å². The average Bonchev–Trinajstić information content (AvgIpc) is 2.19. The molecule has 0 saturated heterocycles. The van der Waals surface area contributed by atoms with Gasteiger partial charge in [-0.3, -0.25) is 14.6 Å². The molecule has 0 spiro atoms. The summed E-state index contributed by atoms with van der Waals surface area (Å²) in [6, 6.07) is 4.26. The molecular weight excluding hydrogens is 182 g/mol. The summed E-state index contributed by atoms with van der Waals surface area (Å²) in [6.45, 7) is 1.52. The van der Waals surface area contributed by atoms with E-state index in [4.69, 9.17) is 5.73 Å². The maximum absolute atomic E-state index is 11.4. The Balaban J connectivity index is 2.64. The Labute approximate surface area is 81.3 Å². The number of nitrogens with zero attached hydrogens (tertiary/aromatic N) is 1. The topological polar surface area (TPSA) is 85.1 Å². The molecule has 0 aliphatic rings. The zero-order valence-electron chi connectivity index (χ0n) is 7.73. The van der Waals surface area contributed by atoms with E-state index in [1.807, 2.05) is 0 Å². The van der Waals surface area contributed by atoms with Crippen molar-refractivity contribution in [1.82, 2.24) is 10.3 Å². The second-order valence-corrected chi connectivity index (χ2v) is 2.81. The molecule has 5 heteroatoms. The van der Waals surface area contributed by atoms with E-state index in [1.54, 1.807) is 18.2 Å². The molecule has 1 aromatic rings. The second kappa shape index (κ2) is 4.36. The maximum atomic E-state index is 11.4. The summed E-state index contributed by atoms with van der Waals surface area (Å²) < 4.78 is 0. The number of pyridine rings is 1. The standard InChI is InChI=1S/C9H11N3O2/c1-6(8(10)13)12-9(14)7-4-2-3-5-11-7/h2-6H,1H3,(H2,10,13)(H,12,14)/t6-/m1/s1. The molecule has 3 N–H and O–H groups in total. The highest BCUT2D eigenvalue weighted by Crippen LogP contribution is 1.93. The predicted molar refractivity (Wildman–Crippen MR) is 50.4 cm³/mol. The van der Waals surface area contributed by atoms with Gasteiger partial charge in [-0.1, -0.05) is 6.07 Å². The molecule has 0 aromatic carbocycles. The number of carbonyl (C=O) groups excluding carboxylic acids is 2. The van der Waals surface area contributed by atoms with Crippen molar-refractivity contribution in [2.24, 2.45) is 5.73 Å². The van der Waals surface area contributed by atoms with Crippen LogP contribution in [0, 0.1) is 0 Å². The number of hydrogen-bond acceptors (Lipinski definition) is 3. The van der Waals surface area contributed by atoms with Crippen LogP contribution in [0.5, 0.6) is 0 Å². The average molecular weight is 193 g/mol. The van der Waals surface area contributed by atoms with Crippen LogP contribution in [0.4, 0.5) is 0 Å². The van der Waals surface area contributed by atoms with Gasteiger partial charge in [0.25, 0.3) is 5.91 Å². The van der Waals surface area contributed by atoms with Gasteiger partial charge in [-0.15, -0.1) is 0 Å². The lowest BCUT2D eigenvalue weighted by Gasteiger charge is -2.08. The lowest BCUT2D eigenvalue weighted by molar-refractivity contribution is -0.119. The fraction of sp³-hybridized carbons (Fsp3) is 0.222. The van der Waals surface area contributed by atoms with Crippen molar-refractivity contribution in [2.45, 2.75) is 13.0 Å². The van der Waals surface area contributed by atoms with Gasteiger partial charge in [0.1, 0.15) is 11.7 Å². The smallest absolute Gasteiger partial charge is 0.270 e. The predicted octanol–water partition coefficient (Wildman–Crippen LogP) is -0.315. The minimum atomic E-state index is -0.690. The Bertz CT molecular complexity index is 337. The minimum absolute atomic E-state index is 0.264. The largest absolute Gasteiger partial charge is 0.368 e. The summed E-state index contributed by atoms with van der Waals surface area (Å²) in [5.74, 6) is -0.980. The lowest BCUT2D eigenvalue weighted by Crippen LogP contribution is -2.42. The highest BCUT2D eigenvalue weighted by atomic mass is 16.2. The minimum Gasteiger partial charge on any atom is -0.368 e. The quantitative estimate of drug-likeness (QED) is 0.690. The van der Waals surface area contributed by atoms with Gasteiger partial charge >= 0.3 is 0 Å². The number of amides is 2. The fourth-order valence-electron chi connectivity index (χ4n) is 0.839. The molecule has 0 saturated carbocycles. The van der Waals surface area contributed by atoms with Crippen molar-refractivity contribution in [1.29, 1.82) is 0 Å². The molecule has 14 heavy (non-hydrogen) atoms. The first-order chi connectivity index (χ1) is 6.61. The van der Waals surface area contributed by atoms with E-state index < -0.39 is 17.9 Å². The summed E-state index contributed by atoms with van der Waals surface area (Å²) in [5, 5.41) is 2.42. The number of rotatable bonds is 3. The van der Waals surface area contributed by atoms with Crippen LogP contribution in [0.2, 0.25) is 0 Å². The molecular formula is C9H11N3O2. The summed E-state index contributed by atoms with van der Waals surface area (Å²) >= 11 is 0. The third kappa shape index (κ3) is 2.55. The zero-order chi connectivity index (χ0) is 10.6. The monoisotopic (exact) mass is 193 g/mol. The van der Waals surface area contributed by atoms with E-state index in [-0.39, 0.29) is 5.69 Å². The Morgan fingerprint density at radius 3 is 2.71 bits per heavy atom. The van der Waals surface area contributed by atoms with E-state index in [0.29, 0.717) is 0 Å². The fourth-order valence-corrected chi connectivity index (χ4v) is 0.839. The Hall–Kier alpha value is -1.91. The normalized spacial score (nSPS) is 11.8. The van der Waals surface area contributed by atoms with Crippen molar-refractivity contribution < 1.29 is 9.59 Å². The van der Waals surface area contributed by atoms with Crippen LogP contribution in [0.3, 0.4) is 0 Å². The number of hydrogen-bond donors (Lipinski definition) is 2. The molecule has 0 bridgehead atoms. The first-order valence-electron chi connectivity index (χ1n) is 4.12. The van der Waals surface area contributed by atoms with Crippen molar-refractivity contribution in [2.75, 3.05) is 0 Å². The van der Waals surface area contributed by atoms with Crippen molar-refractivity contribution in [3.63, 3.8) is 0 Å². The highest BCUT2D eigenvalue weighted by Gasteiger charge is 2.13. The van der Waals surface area contributed by atoms with Crippen LogP contribution in [-0.4, -0.2) is 22.8 Å². The van der Waals surface area contributed by atoms with Crippen LogP contribution >= 0.6 is 0 Å². The van der Waals surface area contributed by atoms with E-state index in [0.717, 1.165) is 0 Å². The summed E-state index contributed by atoms with van der Waals surface area (Å²) in [4.78, 5) is 25.9. The molecule has 1 rings (SSSR count). The van der Waals surface area contributed by atoms with Gasteiger partial charge in [0.15, 0.2) is 0 Å². The summed E-state index contributed by atoms with van der Waals surface area (Å²) in [6.07, 6.45) is 1.50. The van der Waals surface area contributed by atoms with Crippen LogP contribution in [-0.2, 0) is 4.79 Å². The number of carbonyl (C=O) groups is 2. The molecule has 0 radical (unpaired) electrons. The summed E-state index contributed by atoms with van der Waals surface area (Å²) in [5.41, 5.74) is 5.25. The number of nitrogens with two attached hydrogens (primary N) is 1. The maximum Gasteiger partial charge on any atom is 0.270 e. The lowest BCUT2D eigenvalue weighted by atomic mass is 10.3. The molecule has 0 unspecified atom stereocenters. The molecule has 5 nitrogen and oxygen atoms in total. The zero-order valence-corrected chi connectivity index (χ0v) is 7.73. The number of nitrogens with one attached hydrogen (secondary N) is 1. The van der Waals surface area contributed by atoms with Gasteiger partial charge in [-0.05, 0) is 19.1 Å². The third-order valence-electron chi connectivity index (χ3n) is 1.67. The molecule has 2 amide bonds. The molecule has 1 atom stereocenters. The van der Waals surface area contributed by atoms with E-state index >= 15 is 0 Å². The van der Waals surface area contributed by atoms with Gasteiger partial charge in [-0.25, -0.2) is 0 Å². The Morgan fingerprint density at radius 1 is 1.50 bits per heavy atom. The van der Waals surface area contributed by atoms with Crippen molar-refractivity contribution in [3.05, 3.63) is 30.1 Å². The van der Waals surface area contributed by atoms with Gasteiger partial charge < -0.3 is 11.1 Å². The van der Waals surface area contributed by atoms with Gasteiger partial charge in [0.2, 0.25) is 5.91 Å². The second-order valence-electron chi connectivity index (χ2n) is 2.81. The van der Waals surface area contributed by atoms with Crippen LogP contribution in [0.25, 0.3) is 0 Å². The molecule has 0 fully saturated rings. The highest BCUT2D eigenvalue weighted by molar-refractivity contribution is 5.95. The van der Waals surface area contributed by atoms with E-state index in [2.05, 4.69) is 10.3 Å². The van der Waals surface area contributed by atoms with Gasteiger partial charge in [0.05, 0.1) is 0 Å². The number of primary amides is 1. The molecule has 1 heterocycles. The van der Waals surface area contributed by atoms with Crippen LogP contribution in [0.1, 0.15) is 17.4 Å². The first-order valence-corrected chi connectivity index (χ1v) is 4.12. The molecule has 0 aliphatic carbocycles. The third-order valence-corrected chi connectivity index (χ3v) is 1.67. The van der Waals surface area contributed by atoms with E-state index in [9.17, 15) is 9.59 Å². The van der Waals surface area contributed by atoms with Gasteiger partial charge in [-0.2, -0.15) is 0 Å². The van der Waals surface area contributed by atoms with E-state index in [1.165, 1.54) is 13.1 Å². The molecule has 1 aromatic heterocycles. The van der Waals surface area contributed by atoms with Gasteiger partial charge in [0, 0.05) is 6.20 Å².